The monoisotopic (exact) mass is 352 g/mol. The summed E-state index contributed by atoms with van der Waals surface area (Å²) in [5.41, 5.74) is 2.98. The van der Waals surface area contributed by atoms with E-state index in [1.165, 1.54) is 6.08 Å². The van der Waals surface area contributed by atoms with Crippen LogP contribution >= 0.6 is 11.6 Å². The molecule has 0 fully saturated rings. The van der Waals surface area contributed by atoms with E-state index in [0.29, 0.717) is 16.3 Å². The number of benzene rings is 2. The lowest BCUT2D eigenvalue weighted by Crippen LogP contribution is -1.93. The van der Waals surface area contributed by atoms with Gasteiger partial charge in [0.25, 0.3) is 0 Å². The van der Waals surface area contributed by atoms with Crippen LogP contribution in [0.25, 0.3) is 17.3 Å². The summed E-state index contributed by atoms with van der Waals surface area (Å²) in [4.78, 5) is 12.1. The third-order valence-electron chi connectivity index (χ3n) is 3.81. The van der Waals surface area contributed by atoms with Gasteiger partial charge < -0.3 is 9.47 Å². The number of H-pyrrole nitrogens is 1. The van der Waals surface area contributed by atoms with Crippen LogP contribution in [0.1, 0.15) is 16.1 Å². The van der Waals surface area contributed by atoms with Crippen LogP contribution in [0.15, 0.2) is 54.6 Å². The van der Waals surface area contributed by atoms with Crippen molar-refractivity contribution in [1.29, 1.82) is 0 Å². The number of aromatic nitrogens is 2. The van der Waals surface area contributed by atoms with Crippen LogP contribution in [-0.2, 0) is 0 Å². The number of ether oxygens (including phenoxy) is 2. The van der Waals surface area contributed by atoms with Gasteiger partial charge in [-0.15, -0.1) is 0 Å². The van der Waals surface area contributed by atoms with Crippen LogP contribution in [0, 0.1) is 0 Å². The van der Waals surface area contributed by atoms with E-state index in [9.17, 15) is 4.79 Å². The van der Waals surface area contributed by atoms with Crippen LogP contribution in [-0.4, -0.2) is 22.8 Å². The maximum absolute atomic E-state index is 12.1. The molecule has 0 spiro atoms. The number of nitrogens with zero attached hydrogens (tertiary/aromatic N) is 1. The van der Waals surface area contributed by atoms with Gasteiger partial charge in [0.2, 0.25) is 6.79 Å². The summed E-state index contributed by atoms with van der Waals surface area (Å²) in [7, 11) is 0. The molecule has 0 atom stereocenters. The normalized spacial score (nSPS) is 12.7. The Morgan fingerprint density at radius 1 is 1.08 bits per heavy atom. The molecule has 0 saturated carbocycles. The number of hydrogen-bond acceptors (Lipinski definition) is 4. The van der Waals surface area contributed by atoms with Gasteiger partial charge in [-0.05, 0) is 60.7 Å². The maximum atomic E-state index is 12.1. The topological polar surface area (TPSA) is 64.2 Å². The molecule has 0 radical (unpaired) electrons. The van der Waals surface area contributed by atoms with Gasteiger partial charge in [0.05, 0.1) is 11.4 Å². The van der Waals surface area contributed by atoms with Gasteiger partial charge in [-0.25, -0.2) is 0 Å². The second kappa shape index (κ2) is 6.45. The van der Waals surface area contributed by atoms with E-state index < -0.39 is 0 Å². The molecule has 2 aromatic carbocycles. The van der Waals surface area contributed by atoms with E-state index in [1.54, 1.807) is 30.3 Å². The Bertz CT molecular complexity index is 961. The molecule has 1 aromatic heterocycles. The van der Waals surface area contributed by atoms with Crippen LogP contribution in [0.3, 0.4) is 0 Å². The Kier molecular flexibility index (Phi) is 3.99. The minimum Gasteiger partial charge on any atom is -0.454 e. The minimum atomic E-state index is -0.101. The van der Waals surface area contributed by atoms with Gasteiger partial charge in [0, 0.05) is 16.1 Å². The van der Waals surface area contributed by atoms with E-state index in [4.69, 9.17) is 21.1 Å². The number of nitrogens with one attached hydrogen (secondary N) is 1. The number of aromatic amines is 1. The van der Waals surface area contributed by atoms with E-state index >= 15 is 0 Å². The zero-order valence-corrected chi connectivity index (χ0v) is 13.8. The zero-order valence-electron chi connectivity index (χ0n) is 13.0. The lowest BCUT2D eigenvalue weighted by molar-refractivity contribution is 0.104. The van der Waals surface area contributed by atoms with Gasteiger partial charge in [-0.1, -0.05) is 11.6 Å². The summed E-state index contributed by atoms with van der Waals surface area (Å²) >= 11 is 5.83. The number of hydrogen-bond donors (Lipinski definition) is 1. The second-order valence-corrected chi connectivity index (χ2v) is 5.92. The molecule has 1 aliphatic rings. The molecule has 2 heterocycles. The van der Waals surface area contributed by atoms with Crippen molar-refractivity contribution < 1.29 is 14.3 Å². The van der Waals surface area contributed by atoms with Crippen LogP contribution in [0.2, 0.25) is 5.02 Å². The van der Waals surface area contributed by atoms with Crippen molar-refractivity contribution in [1.82, 2.24) is 10.2 Å². The van der Waals surface area contributed by atoms with Gasteiger partial charge in [-0.3, -0.25) is 9.89 Å². The molecule has 0 bridgehead atoms. The first kappa shape index (κ1) is 15.5. The summed E-state index contributed by atoms with van der Waals surface area (Å²) in [6.07, 6.45) is 3.20. The highest BCUT2D eigenvalue weighted by atomic mass is 35.5. The van der Waals surface area contributed by atoms with Crippen molar-refractivity contribution in [2.45, 2.75) is 0 Å². The smallest absolute Gasteiger partial charge is 0.231 e. The molecule has 25 heavy (non-hydrogen) atoms. The Hall–Kier alpha value is -3.05. The van der Waals surface area contributed by atoms with Crippen molar-refractivity contribution in [3.05, 3.63) is 70.9 Å². The summed E-state index contributed by atoms with van der Waals surface area (Å²) in [6.45, 7) is 0.236. The summed E-state index contributed by atoms with van der Waals surface area (Å²) in [5.74, 6) is 1.33. The average Bonchev–Trinajstić information content (AvgIpc) is 3.28. The number of fused-ring (bicyclic) bond motifs is 1. The Labute approximate surface area is 148 Å². The van der Waals surface area contributed by atoms with Gasteiger partial charge in [0.1, 0.15) is 0 Å². The number of rotatable bonds is 4. The molecule has 0 aliphatic carbocycles. The highest BCUT2D eigenvalue weighted by molar-refractivity contribution is 6.30. The quantitative estimate of drug-likeness (QED) is 0.560. The Morgan fingerprint density at radius 2 is 1.88 bits per heavy atom. The first-order valence-corrected chi connectivity index (χ1v) is 8.00. The van der Waals surface area contributed by atoms with E-state index in [-0.39, 0.29) is 12.6 Å². The molecule has 124 valence electrons. The van der Waals surface area contributed by atoms with Crippen molar-refractivity contribution >= 4 is 23.5 Å². The van der Waals surface area contributed by atoms with Crippen LogP contribution < -0.4 is 9.47 Å². The minimum absolute atomic E-state index is 0.101. The molecular formula is C19H13ClN2O3. The molecule has 1 aliphatic heterocycles. The Balaban J connectivity index is 1.51. The third kappa shape index (κ3) is 3.27. The van der Waals surface area contributed by atoms with Crippen molar-refractivity contribution in [3.8, 4) is 22.8 Å². The SMILES string of the molecule is O=C(C=Cc1cc(-c2ccc3c(c2)OCO3)n[nH]1)c1ccc(Cl)cc1. The summed E-state index contributed by atoms with van der Waals surface area (Å²) in [6, 6.07) is 14.3. The van der Waals surface area contributed by atoms with E-state index in [0.717, 1.165) is 22.7 Å². The second-order valence-electron chi connectivity index (χ2n) is 5.48. The molecule has 6 heteroatoms. The van der Waals surface area contributed by atoms with Crippen LogP contribution in [0.4, 0.5) is 0 Å². The fraction of sp³-hybridized carbons (Fsp3) is 0.0526. The van der Waals surface area contributed by atoms with Crippen molar-refractivity contribution in [3.63, 3.8) is 0 Å². The van der Waals surface area contributed by atoms with E-state index in [1.807, 2.05) is 24.3 Å². The third-order valence-corrected chi connectivity index (χ3v) is 4.06. The van der Waals surface area contributed by atoms with Gasteiger partial charge >= 0.3 is 0 Å². The first-order valence-electron chi connectivity index (χ1n) is 7.62. The van der Waals surface area contributed by atoms with Crippen LogP contribution in [0.5, 0.6) is 11.5 Å². The lowest BCUT2D eigenvalue weighted by Gasteiger charge is -1.98. The van der Waals surface area contributed by atoms with Crippen molar-refractivity contribution in [2.24, 2.45) is 0 Å². The maximum Gasteiger partial charge on any atom is 0.231 e. The summed E-state index contributed by atoms with van der Waals surface area (Å²) in [5, 5.41) is 7.78. The standard InChI is InChI=1S/C19H13ClN2O3/c20-14-4-1-12(2-5-14)17(23)7-6-15-10-16(22-21-15)13-3-8-18-19(9-13)25-11-24-18/h1-10H,11H2,(H,21,22). The molecule has 0 unspecified atom stereocenters. The number of carbonyl (C=O) groups excluding carboxylic acids is 1. The van der Waals surface area contributed by atoms with E-state index in [2.05, 4.69) is 10.2 Å². The molecule has 0 amide bonds. The van der Waals surface area contributed by atoms with Crippen molar-refractivity contribution in [2.75, 3.05) is 6.79 Å². The molecular weight excluding hydrogens is 340 g/mol. The fourth-order valence-corrected chi connectivity index (χ4v) is 2.63. The highest BCUT2D eigenvalue weighted by Crippen LogP contribution is 2.35. The first-order chi connectivity index (χ1) is 12.2. The molecule has 3 aromatic rings. The predicted octanol–water partition coefficient (Wildman–Crippen LogP) is 4.35. The lowest BCUT2D eigenvalue weighted by atomic mass is 10.1. The van der Waals surface area contributed by atoms with Gasteiger partial charge in [-0.2, -0.15) is 5.10 Å². The largest absolute Gasteiger partial charge is 0.454 e. The molecule has 0 saturated heterocycles. The predicted molar refractivity (Wildman–Crippen MR) is 95.0 cm³/mol. The fourth-order valence-electron chi connectivity index (χ4n) is 2.50. The molecule has 1 N–H and O–H groups in total. The number of allylic oxidation sites excluding steroid dienone is 1. The molecule has 5 nitrogen and oxygen atoms in total. The number of halogens is 1. The number of carbonyl (C=O) groups is 1. The zero-order chi connectivity index (χ0) is 17.2. The van der Waals surface area contributed by atoms with Gasteiger partial charge in [0.15, 0.2) is 17.3 Å². The molecule has 4 rings (SSSR count). The number of ketones is 1. The average molecular weight is 353 g/mol. The Morgan fingerprint density at radius 3 is 2.72 bits per heavy atom. The highest BCUT2D eigenvalue weighted by Gasteiger charge is 2.14. The summed E-state index contributed by atoms with van der Waals surface area (Å²) < 4.78 is 10.7.